The van der Waals surface area contributed by atoms with Crippen molar-refractivity contribution in [2.75, 3.05) is 11.9 Å². The SMILES string of the molecule is O=C(NCCn1c(-c2sccc2Cl)c(-c2cccnc2)c2nc[nH]c(=O)c21)Nc1ccccc1. The number of halogens is 1. The molecule has 0 radical (unpaired) electrons. The van der Waals surface area contributed by atoms with Gasteiger partial charge in [0.1, 0.15) is 11.0 Å². The molecule has 0 spiro atoms. The molecule has 4 heterocycles. The topological polar surface area (TPSA) is 105 Å². The quantitative estimate of drug-likeness (QED) is 0.312. The number of aromatic nitrogens is 4. The van der Waals surface area contributed by atoms with Gasteiger partial charge < -0.3 is 20.2 Å². The number of fused-ring (bicyclic) bond motifs is 1. The smallest absolute Gasteiger partial charge is 0.319 e. The van der Waals surface area contributed by atoms with Crippen molar-refractivity contribution in [3.05, 3.63) is 88.0 Å². The molecule has 5 aromatic rings. The monoisotopic (exact) mass is 490 g/mol. The maximum atomic E-state index is 12.9. The molecule has 0 atom stereocenters. The number of nitrogens with one attached hydrogen (secondary N) is 3. The second-order valence-corrected chi connectivity index (χ2v) is 8.71. The number of amides is 2. The number of carbonyl (C=O) groups excluding carboxylic acids is 1. The third-order valence-electron chi connectivity index (χ3n) is 5.28. The van der Waals surface area contributed by atoms with E-state index in [2.05, 4.69) is 25.6 Å². The molecule has 2 amide bonds. The van der Waals surface area contributed by atoms with Crippen molar-refractivity contribution >= 4 is 45.7 Å². The van der Waals surface area contributed by atoms with Gasteiger partial charge in [0.2, 0.25) is 0 Å². The number of benzene rings is 1. The fourth-order valence-electron chi connectivity index (χ4n) is 3.87. The van der Waals surface area contributed by atoms with Gasteiger partial charge in [0, 0.05) is 42.3 Å². The first-order valence-electron chi connectivity index (χ1n) is 10.5. The summed E-state index contributed by atoms with van der Waals surface area (Å²) in [4.78, 5) is 37.5. The number of pyridine rings is 1. The summed E-state index contributed by atoms with van der Waals surface area (Å²) in [7, 11) is 0. The number of urea groups is 1. The average Bonchev–Trinajstić information content (AvgIpc) is 3.41. The molecule has 8 nitrogen and oxygen atoms in total. The molecule has 0 saturated heterocycles. The van der Waals surface area contributed by atoms with Crippen LogP contribution in [0.15, 0.2) is 77.4 Å². The normalized spacial score (nSPS) is 11.0. The van der Waals surface area contributed by atoms with Crippen molar-refractivity contribution < 1.29 is 4.79 Å². The number of rotatable bonds is 6. The molecule has 0 bridgehead atoms. The van der Waals surface area contributed by atoms with Gasteiger partial charge in [-0.25, -0.2) is 9.78 Å². The van der Waals surface area contributed by atoms with E-state index in [0.717, 1.165) is 21.7 Å². The fourth-order valence-corrected chi connectivity index (χ4v) is 5.07. The van der Waals surface area contributed by atoms with Gasteiger partial charge >= 0.3 is 6.03 Å². The Kier molecular flexibility index (Phi) is 6.11. The zero-order chi connectivity index (χ0) is 23.5. The molecule has 4 aromatic heterocycles. The number of aromatic amines is 1. The van der Waals surface area contributed by atoms with Gasteiger partial charge in [0.05, 0.1) is 21.9 Å². The van der Waals surface area contributed by atoms with Crippen LogP contribution >= 0.6 is 22.9 Å². The Morgan fingerprint density at radius 3 is 2.74 bits per heavy atom. The van der Waals surface area contributed by atoms with Gasteiger partial charge in [-0.05, 0) is 29.6 Å². The van der Waals surface area contributed by atoms with Gasteiger partial charge in [0.25, 0.3) is 5.56 Å². The Bertz CT molecular complexity index is 1510. The highest BCUT2D eigenvalue weighted by atomic mass is 35.5. The summed E-state index contributed by atoms with van der Waals surface area (Å²) < 4.78 is 1.87. The number of para-hydroxylation sites is 1. The number of anilines is 1. The predicted molar refractivity (Wildman–Crippen MR) is 135 cm³/mol. The molecule has 170 valence electrons. The van der Waals surface area contributed by atoms with Crippen molar-refractivity contribution in [3.63, 3.8) is 0 Å². The number of carbonyl (C=O) groups is 1. The lowest BCUT2D eigenvalue weighted by Gasteiger charge is -2.13. The third kappa shape index (κ3) is 4.18. The summed E-state index contributed by atoms with van der Waals surface area (Å²) in [6.45, 7) is 0.608. The second kappa shape index (κ2) is 9.50. The van der Waals surface area contributed by atoms with E-state index in [-0.39, 0.29) is 18.1 Å². The highest BCUT2D eigenvalue weighted by molar-refractivity contribution is 7.14. The molecule has 0 aliphatic heterocycles. The highest BCUT2D eigenvalue weighted by Gasteiger charge is 2.25. The minimum absolute atomic E-state index is 0.275. The third-order valence-corrected chi connectivity index (χ3v) is 6.63. The first kappa shape index (κ1) is 21.9. The fraction of sp³-hybridized carbons (Fsp3) is 0.0833. The lowest BCUT2D eigenvalue weighted by Crippen LogP contribution is -2.31. The Morgan fingerprint density at radius 2 is 2.00 bits per heavy atom. The molecule has 5 rings (SSSR count). The van der Waals surface area contributed by atoms with Gasteiger partial charge in [-0.2, -0.15) is 0 Å². The first-order valence-corrected chi connectivity index (χ1v) is 11.7. The minimum Gasteiger partial charge on any atom is -0.336 e. The Labute approximate surface area is 203 Å². The van der Waals surface area contributed by atoms with Crippen molar-refractivity contribution in [2.45, 2.75) is 6.54 Å². The Hall–Kier alpha value is -3.95. The molecule has 0 unspecified atom stereocenters. The maximum absolute atomic E-state index is 12.9. The van der Waals surface area contributed by atoms with Crippen LogP contribution in [0.4, 0.5) is 10.5 Å². The second-order valence-electron chi connectivity index (χ2n) is 7.39. The van der Waals surface area contributed by atoms with Crippen LogP contribution < -0.4 is 16.2 Å². The van der Waals surface area contributed by atoms with Crippen LogP contribution in [0.1, 0.15) is 0 Å². The summed E-state index contributed by atoms with van der Waals surface area (Å²) in [5, 5.41) is 8.12. The molecule has 3 N–H and O–H groups in total. The van der Waals surface area contributed by atoms with Gasteiger partial charge in [-0.3, -0.25) is 9.78 Å². The van der Waals surface area contributed by atoms with Crippen LogP contribution in [0.2, 0.25) is 5.02 Å². The van der Waals surface area contributed by atoms with E-state index < -0.39 is 0 Å². The van der Waals surface area contributed by atoms with Crippen LogP contribution in [0, 0.1) is 0 Å². The molecule has 0 saturated carbocycles. The number of hydrogen-bond donors (Lipinski definition) is 3. The van der Waals surface area contributed by atoms with Gasteiger partial charge in [-0.15, -0.1) is 11.3 Å². The van der Waals surface area contributed by atoms with Crippen LogP contribution in [-0.4, -0.2) is 32.1 Å². The van der Waals surface area contributed by atoms with Gasteiger partial charge in [-0.1, -0.05) is 35.9 Å². The first-order chi connectivity index (χ1) is 16.6. The summed E-state index contributed by atoms with van der Waals surface area (Å²) in [6, 6.07) is 14.4. The van der Waals surface area contributed by atoms with Crippen molar-refractivity contribution in [1.82, 2.24) is 24.8 Å². The molecular formula is C24H19ClN6O2S. The van der Waals surface area contributed by atoms with Crippen molar-refractivity contribution in [3.8, 4) is 21.7 Å². The molecule has 1 aromatic carbocycles. The predicted octanol–water partition coefficient (Wildman–Crippen LogP) is 4.99. The minimum atomic E-state index is -0.335. The number of hydrogen-bond acceptors (Lipinski definition) is 5. The van der Waals surface area contributed by atoms with E-state index >= 15 is 0 Å². The van der Waals surface area contributed by atoms with E-state index in [4.69, 9.17) is 11.6 Å². The Morgan fingerprint density at radius 1 is 1.15 bits per heavy atom. The summed E-state index contributed by atoms with van der Waals surface area (Å²) in [6.07, 6.45) is 4.81. The zero-order valence-corrected chi connectivity index (χ0v) is 19.4. The van der Waals surface area contributed by atoms with Crippen molar-refractivity contribution in [2.24, 2.45) is 0 Å². The number of H-pyrrole nitrogens is 1. The standard InChI is InChI=1S/C24H19ClN6O2S/c25-17-8-12-34-22(17)20-18(15-5-4-9-26-13-15)19-21(23(32)29-14-28-19)31(20)11-10-27-24(33)30-16-6-2-1-3-7-16/h1-9,12-14H,10-11H2,(H2,27,30,33)(H,28,29,32). The largest absolute Gasteiger partial charge is 0.336 e. The van der Waals surface area contributed by atoms with E-state index in [1.807, 2.05) is 46.3 Å². The highest BCUT2D eigenvalue weighted by Crippen LogP contribution is 2.43. The van der Waals surface area contributed by atoms with Gasteiger partial charge in [0.15, 0.2) is 0 Å². The van der Waals surface area contributed by atoms with Crippen LogP contribution in [0.5, 0.6) is 0 Å². The van der Waals surface area contributed by atoms with E-state index in [1.165, 1.54) is 17.7 Å². The van der Waals surface area contributed by atoms with E-state index in [9.17, 15) is 9.59 Å². The lowest BCUT2D eigenvalue weighted by atomic mass is 10.1. The lowest BCUT2D eigenvalue weighted by molar-refractivity contribution is 0.251. The molecular weight excluding hydrogens is 472 g/mol. The average molecular weight is 491 g/mol. The molecule has 0 aliphatic rings. The summed E-state index contributed by atoms with van der Waals surface area (Å²) in [5.74, 6) is 0. The number of thiophene rings is 1. The maximum Gasteiger partial charge on any atom is 0.319 e. The zero-order valence-electron chi connectivity index (χ0n) is 17.8. The summed E-state index contributed by atoms with van der Waals surface area (Å²) in [5.41, 5.74) is 3.72. The van der Waals surface area contributed by atoms with Crippen molar-refractivity contribution in [1.29, 1.82) is 0 Å². The number of nitrogens with zero attached hydrogens (tertiary/aromatic N) is 3. The molecule has 34 heavy (non-hydrogen) atoms. The van der Waals surface area contributed by atoms with E-state index in [1.54, 1.807) is 24.5 Å². The summed E-state index contributed by atoms with van der Waals surface area (Å²) >= 11 is 8.02. The van der Waals surface area contributed by atoms with Crippen LogP contribution in [0.3, 0.4) is 0 Å². The Balaban J connectivity index is 1.56. The molecule has 10 heteroatoms. The van der Waals surface area contributed by atoms with Crippen LogP contribution in [0.25, 0.3) is 32.7 Å². The van der Waals surface area contributed by atoms with E-state index in [0.29, 0.717) is 28.3 Å². The van der Waals surface area contributed by atoms with Crippen LogP contribution in [-0.2, 0) is 6.54 Å². The molecule has 0 aliphatic carbocycles. The molecule has 0 fully saturated rings.